The van der Waals surface area contributed by atoms with Crippen LogP contribution in [-0.2, 0) is 24.0 Å². The van der Waals surface area contributed by atoms with Crippen LogP contribution in [0, 0.1) is 12.3 Å². The lowest BCUT2D eigenvalue weighted by molar-refractivity contribution is -0.0715. The lowest BCUT2D eigenvalue weighted by Gasteiger charge is -2.28. The molecule has 0 spiro atoms. The van der Waals surface area contributed by atoms with Crippen molar-refractivity contribution < 1.29 is 32.8 Å². The summed E-state index contributed by atoms with van der Waals surface area (Å²) in [6.45, 7) is 1.80. The van der Waals surface area contributed by atoms with Gasteiger partial charge < -0.3 is 29.3 Å². The molecule has 5 rings (SSSR count). The molecule has 2 aromatic heterocycles. The van der Waals surface area contributed by atoms with Crippen LogP contribution >= 0.6 is 11.6 Å². The Hall–Kier alpha value is -2.83. The predicted molar refractivity (Wildman–Crippen MR) is 132 cm³/mol. The maximum absolute atomic E-state index is 12.5. The fourth-order valence-corrected chi connectivity index (χ4v) is 5.52. The molecule has 2 aliphatic heterocycles. The molecule has 0 unspecified atom stereocenters. The number of rotatable bonds is 7. The predicted octanol–water partition coefficient (Wildman–Crippen LogP) is 0.387. The fourth-order valence-electron chi connectivity index (χ4n) is 4.34. The van der Waals surface area contributed by atoms with Gasteiger partial charge in [0.25, 0.3) is 0 Å². The summed E-state index contributed by atoms with van der Waals surface area (Å²) in [7, 11) is -3.75. The summed E-state index contributed by atoms with van der Waals surface area (Å²) in [6.07, 6.45) is 2.87. The van der Waals surface area contributed by atoms with Crippen LogP contribution in [0.2, 0.25) is 5.28 Å². The van der Waals surface area contributed by atoms with Gasteiger partial charge in [0.1, 0.15) is 12.2 Å². The topological polar surface area (TPSA) is 149 Å². The molecule has 4 atom stereocenters. The molecule has 37 heavy (non-hydrogen) atoms. The number of hydrogen-bond donors (Lipinski definition) is 2. The first-order valence-corrected chi connectivity index (χ1v) is 13.4. The minimum atomic E-state index is -3.75. The molecule has 2 N–H and O–H groups in total. The van der Waals surface area contributed by atoms with Crippen LogP contribution in [0.3, 0.4) is 0 Å². The Bertz CT molecular complexity index is 1420. The summed E-state index contributed by atoms with van der Waals surface area (Å²) in [6, 6.07) is 7.79. The number of fused-ring (bicyclic) bond motifs is 1. The van der Waals surface area contributed by atoms with Crippen LogP contribution in [0.1, 0.15) is 6.23 Å². The van der Waals surface area contributed by atoms with Crippen molar-refractivity contribution >= 4 is 38.4 Å². The van der Waals surface area contributed by atoms with E-state index in [1.165, 1.54) is 23.0 Å². The largest absolute Gasteiger partial charge is 0.384 e. The number of imidazole rings is 1. The molecular weight excluding hydrogens is 526 g/mol. The Balaban J connectivity index is 1.38. The highest BCUT2D eigenvalue weighted by Gasteiger charge is 2.55. The van der Waals surface area contributed by atoms with E-state index in [-0.39, 0.29) is 15.8 Å². The number of hydrogen-bond acceptors (Lipinski definition) is 11. The maximum Gasteiger partial charge on any atom is 0.226 e. The van der Waals surface area contributed by atoms with E-state index in [2.05, 4.69) is 20.9 Å². The number of aliphatic hydroxyl groups is 2. The number of aromatic nitrogens is 4. The van der Waals surface area contributed by atoms with Gasteiger partial charge in [-0.05, 0) is 23.7 Å². The van der Waals surface area contributed by atoms with Crippen LogP contribution in [0.25, 0.3) is 11.2 Å². The van der Waals surface area contributed by atoms with E-state index < -0.39 is 46.4 Å². The molecule has 0 aliphatic carbocycles. The Morgan fingerprint density at radius 2 is 1.97 bits per heavy atom. The summed E-state index contributed by atoms with van der Waals surface area (Å²) in [5.74, 6) is 2.00. The molecule has 0 radical (unpaired) electrons. The lowest BCUT2D eigenvalue weighted by atomic mass is 9.93. The minimum Gasteiger partial charge on any atom is -0.384 e. The first kappa shape index (κ1) is 25.8. The second kappa shape index (κ2) is 10.1. The van der Waals surface area contributed by atoms with Gasteiger partial charge in [0.15, 0.2) is 34.7 Å². The summed E-state index contributed by atoms with van der Waals surface area (Å²) >= 11 is 6.21. The number of terminal acetylenes is 1. The third kappa shape index (κ3) is 4.77. The van der Waals surface area contributed by atoms with Crippen molar-refractivity contribution in [2.45, 2.75) is 28.9 Å². The molecule has 14 heteroatoms. The summed E-state index contributed by atoms with van der Waals surface area (Å²) < 4.78 is 43.1. The number of nitrogens with zero attached hydrogens (tertiary/aromatic N) is 5. The van der Waals surface area contributed by atoms with E-state index in [0.717, 1.165) is 0 Å². The molecule has 196 valence electrons. The standard InChI is InChI=1S/C23H24ClN5O7S/c1-2-23(31)16(12-35-14-37(32,33)15-6-4-3-5-7-15)36-21(18(23)30)29-13-25-17-19(26-22(24)27-20(17)29)28-8-10-34-11-9-28/h1,3-7,13,16,18,21,30-31H,8-12,14H2/t16-,18+,21-,23-/m1/s1. The van der Waals surface area contributed by atoms with Gasteiger partial charge in [0, 0.05) is 13.1 Å². The Morgan fingerprint density at radius 1 is 1.24 bits per heavy atom. The smallest absolute Gasteiger partial charge is 0.226 e. The Labute approximate surface area is 217 Å². The van der Waals surface area contributed by atoms with Crippen LogP contribution in [0.15, 0.2) is 41.6 Å². The highest BCUT2D eigenvalue weighted by Crippen LogP contribution is 2.39. The van der Waals surface area contributed by atoms with Crippen molar-refractivity contribution in [1.29, 1.82) is 0 Å². The van der Waals surface area contributed by atoms with Crippen LogP contribution < -0.4 is 4.90 Å². The van der Waals surface area contributed by atoms with E-state index in [1.807, 2.05) is 4.90 Å². The molecule has 4 heterocycles. The molecular formula is C23H24ClN5O7S. The lowest BCUT2D eigenvalue weighted by Crippen LogP contribution is -2.48. The molecule has 12 nitrogen and oxygen atoms in total. The van der Waals surface area contributed by atoms with Gasteiger partial charge in [-0.2, -0.15) is 9.97 Å². The van der Waals surface area contributed by atoms with Crippen LogP contribution in [0.5, 0.6) is 0 Å². The summed E-state index contributed by atoms with van der Waals surface area (Å²) in [5.41, 5.74) is -1.50. The van der Waals surface area contributed by atoms with Crippen LogP contribution in [0.4, 0.5) is 5.82 Å². The third-order valence-corrected chi connectivity index (χ3v) is 7.95. The monoisotopic (exact) mass is 549 g/mol. The molecule has 0 bridgehead atoms. The van der Waals surface area contributed by atoms with Crippen molar-refractivity contribution in [3.05, 3.63) is 41.9 Å². The molecule has 0 saturated carbocycles. The van der Waals surface area contributed by atoms with Crippen LogP contribution in [-0.4, -0.2) is 94.8 Å². The molecule has 2 fully saturated rings. The van der Waals surface area contributed by atoms with Gasteiger partial charge in [-0.25, -0.2) is 13.4 Å². The number of aliphatic hydroxyl groups excluding tert-OH is 1. The van der Waals surface area contributed by atoms with E-state index >= 15 is 0 Å². The highest BCUT2D eigenvalue weighted by atomic mass is 35.5. The second-order valence-corrected chi connectivity index (χ2v) is 10.9. The van der Waals surface area contributed by atoms with Gasteiger partial charge in [0.2, 0.25) is 15.1 Å². The molecule has 1 aromatic carbocycles. The average molecular weight is 550 g/mol. The first-order chi connectivity index (χ1) is 17.7. The zero-order chi connectivity index (χ0) is 26.2. The quantitative estimate of drug-likeness (QED) is 0.311. The van der Waals surface area contributed by atoms with E-state index in [0.29, 0.717) is 37.6 Å². The van der Waals surface area contributed by atoms with Gasteiger partial charge in [0.05, 0.1) is 31.0 Å². The highest BCUT2D eigenvalue weighted by molar-refractivity contribution is 7.91. The third-order valence-electron chi connectivity index (χ3n) is 6.32. The summed E-state index contributed by atoms with van der Waals surface area (Å²) in [5, 5.41) is 22.0. The van der Waals surface area contributed by atoms with Crippen molar-refractivity contribution in [3.63, 3.8) is 0 Å². The normalized spacial score (nSPS) is 26.4. The van der Waals surface area contributed by atoms with Crippen molar-refractivity contribution in [1.82, 2.24) is 19.5 Å². The van der Waals surface area contributed by atoms with Gasteiger partial charge in [-0.3, -0.25) is 4.57 Å². The van der Waals surface area contributed by atoms with Gasteiger partial charge >= 0.3 is 0 Å². The molecule has 2 aliphatic rings. The number of ether oxygens (including phenoxy) is 3. The minimum absolute atomic E-state index is 0.0403. The molecule has 0 amide bonds. The first-order valence-electron chi connectivity index (χ1n) is 11.4. The number of morpholine rings is 1. The summed E-state index contributed by atoms with van der Waals surface area (Å²) in [4.78, 5) is 15.0. The van der Waals surface area contributed by atoms with Crippen molar-refractivity contribution in [2.75, 3.05) is 43.7 Å². The Kier molecular flexibility index (Phi) is 7.08. The zero-order valence-corrected chi connectivity index (χ0v) is 21.0. The SMILES string of the molecule is C#C[C@@]1(O)[C@@H](COCS(=O)(=O)c2ccccc2)O[C@@H](n2cnc3c(N4CCOCC4)nc(Cl)nc32)[C@@H]1O. The number of benzene rings is 1. The van der Waals surface area contributed by atoms with E-state index in [4.69, 9.17) is 32.2 Å². The van der Waals surface area contributed by atoms with E-state index in [9.17, 15) is 18.6 Å². The van der Waals surface area contributed by atoms with E-state index in [1.54, 1.807) is 18.2 Å². The number of sulfone groups is 1. The average Bonchev–Trinajstić information content (AvgIpc) is 3.43. The Morgan fingerprint density at radius 3 is 2.68 bits per heavy atom. The fraction of sp³-hybridized carbons (Fsp3) is 0.435. The molecule has 2 saturated heterocycles. The van der Waals surface area contributed by atoms with Gasteiger partial charge in [-0.1, -0.05) is 24.1 Å². The number of halogens is 1. The molecule has 3 aromatic rings. The maximum atomic E-state index is 12.5. The zero-order valence-electron chi connectivity index (χ0n) is 19.5. The van der Waals surface area contributed by atoms with Gasteiger partial charge in [-0.15, -0.1) is 6.42 Å². The second-order valence-electron chi connectivity index (χ2n) is 8.59. The van der Waals surface area contributed by atoms with Crippen molar-refractivity contribution in [2.24, 2.45) is 0 Å². The van der Waals surface area contributed by atoms with Crippen molar-refractivity contribution in [3.8, 4) is 12.3 Å². The number of anilines is 1.